The summed E-state index contributed by atoms with van der Waals surface area (Å²) in [6.45, 7) is 7.26. The van der Waals surface area contributed by atoms with E-state index in [1.807, 2.05) is 12.1 Å². The molecule has 8 nitrogen and oxygen atoms in total. The smallest absolute Gasteiger partial charge is 0.243 e. The van der Waals surface area contributed by atoms with E-state index in [1.165, 1.54) is 4.90 Å². The first-order valence-corrected chi connectivity index (χ1v) is 8.95. The maximum Gasteiger partial charge on any atom is 0.243 e. The lowest BCUT2D eigenvalue weighted by Gasteiger charge is -2.14. The third kappa shape index (κ3) is 7.91. The second kappa shape index (κ2) is 11.1. The van der Waals surface area contributed by atoms with Crippen LogP contribution in [0.5, 0.6) is 0 Å². The maximum atomic E-state index is 11.8. The Hall–Kier alpha value is -2.04. The quantitative estimate of drug-likeness (QED) is 0.343. The Morgan fingerprint density at radius 1 is 1.29 bits per heavy atom. The summed E-state index contributed by atoms with van der Waals surface area (Å²) in [6.07, 6.45) is 4.10. The molecule has 0 aromatic carbocycles. The van der Waals surface area contributed by atoms with E-state index in [4.69, 9.17) is 8.83 Å². The van der Waals surface area contributed by atoms with E-state index in [0.717, 1.165) is 11.5 Å². The fourth-order valence-electron chi connectivity index (χ4n) is 2.12. The van der Waals surface area contributed by atoms with Gasteiger partial charge in [0.2, 0.25) is 11.8 Å². The van der Waals surface area contributed by atoms with Crippen LogP contribution in [0.4, 0.5) is 0 Å². The molecule has 0 aliphatic carbocycles. The number of hydrogen-bond donors (Lipinski definition) is 2. The van der Waals surface area contributed by atoms with Crippen molar-refractivity contribution in [2.75, 3.05) is 27.2 Å². The molecule has 2 rings (SSSR count). The molecule has 0 fully saturated rings. The van der Waals surface area contributed by atoms with Crippen LogP contribution in [-0.4, -0.2) is 48.9 Å². The molecular weight excluding hydrogens is 473 g/mol. The van der Waals surface area contributed by atoms with Gasteiger partial charge < -0.3 is 24.4 Å². The molecule has 1 amide bonds. The Labute approximate surface area is 183 Å². The van der Waals surface area contributed by atoms with Crippen molar-refractivity contribution < 1.29 is 13.6 Å². The molecule has 0 saturated carbocycles. The zero-order valence-electron chi connectivity index (χ0n) is 17.1. The minimum Gasteiger partial charge on any atom is -0.469 e. The monoisotopic (exact) mass is 503 g/mol. The van der Waals surface area contributed by atoms with E-state index in [9.17, 15) is 4.79 Å². The van der Waals surface area contributed by atoms with Crippen molar-refractivity contribution in [2.24, 2.45) is 4.99 Å². The third-order valence-electron chi connectivity index (χ3n) is 3.82. The van der Waals surface area contributed by atoms with Gasteiger partial charge in [0.1, 0.15) is 18.1 Å². The van der Waals surface area contributed by atoms with Crippen molar-refractivity contribution in [3.8, 4) is 0 Å². The molecular formula is C19H30IN5O3. The maximum absolute atomic E-state index is 11.8. The predicted octanol–water partition coefficient (Wildman–Crippen LogP) is 2.55. The number of amides is 1. The second-order valence-corrected chi connectivity index (χ2v) is 7.43. The van der Waals surface area contributed by atoms with Crippen LogP contribution in [0.2, 0.25) is 0 Å². The van der Waals surface area contributed by atoms with E-state index < -0.39 is 0 Å². The highest BCUT2D eigenvalue weighted by molar-refractivity contribution is 14.0. The number of carbonyl (C=O) groups is 1. The summed E-state index contributed by atoms with van der Waals surface area (Å²) < 4.78 is 11.1. The van der Waals surface area contributed by atoms with Crippen molar-refractivity contribution in [1.29, 1.82) is 0 Å². The van der Waals surface area contributed by atoms with Gasteiger partial charge in [0, 0.05) is 32.5 Å². The Balaban J connectivity index is 0.00000392. The van der Waals surface area contributed by atoms with Crippen LogP contribution < -0.4 is 10.6 Å². The summed E-state index contributed by atoms with van der Waals surface area (Å²) in [6, 6.07) is 3.77. The molecule has 0 aliphatic heterocycles. The molecule has 2 aromatic heterocycles. The molecule has 0 unspecified atom stereocenters. The van der Waals surface area contributed by atoms with Crippen molar-refractivity contribution in [3.63, 3.8) is 0 Å². The summed E-state index contributed by atoms with van der Waals surface area (Å²) >= 11 is 0. The molecule has 0 atom stereocenters. The molecule has 2 aromatic rings. The first kappa shape index (κ1) is 24.0. The van der Waals surface area contributed by atoms with Crippen molar-refractivity contribution in [2.45, 2.75) is 39.2 Å². The molecule has 2 heterocycles. The van der Waals surface area contributed by atoms with Gasteiger partial charge in [-0.05, 0) is 12.1 Å². The zero-order valence-corrected chi connectivity index (χ0v) is 19.4. The van der Waals surface area contributed by atoms with E-state index in [-0.39, 0.29) is 41.8 Å². The van der Waals surface area contributed by atoms with Gasteiger partial charge in [0.05, 0.1) is 19.0 Å². The van der Waals surface area contributed by atoms with Crippen LogP contribution in [0.1, 0.15) is 38.2 Å². The number of carbonyl (C=O) groups excluding carboxylic acids is 1. The summed E-state index contributed by atoms with van der Waals surface area (Å²) in [4.78, 5) is 22.0. The fourth-order valence-corrected chi connectivity index (χ4v) is 2.12. The van der Waals surface area contributed by atoms with Crippen molar-refractivity contribution >= 4 is 35.8 Å². The summed E-state index contributed by atoms with van der Waals surface area (Å²) in [5, 5.41) is 6.35. The van der Waals surface area contributed by atoms with E-state index in [2.05, 4.69) is 41.4 Å². The molecule has 9 heteroatoms. The number of rotatable bonds is 7. The number of oxazole rings is 1. The predicted molar refractivity (Wildman–Crippen MR) is 119 cm³/mol. The number of furan rings is 1. The lowest BCUT2D eigenvalue weighted by Crippen LogP contribution is -2.39. The third-order valence-corrected chi connectivity index (χ3v) is 3.82. The second-order valence-electron chi connectivity index (χ2n) is 7.43. The number of nitrogens with one attached hydrogen (secondary N) is 2. The number of nitrogens with zero attached hydrogens (tertiary/aromatic N) is 3. The van der Waals surface area contributed by atoms with Gasteiger partial charge in [-0.1, -0.05) is 20.8 Å². The molecule has 0 saturated heterocycles. The standard InChI is InChI=1S/C19H29N5O3.HI/c1-19(2,3)15-11-21-16(27-15)12-22-18(23-13-17(25)24(4)5)20-9-8-14-7-6-10-26-14;/h6-7,10-11H,8-9,12-13H2,1-5H3,(H2,20,22,23);1H. The highest BCUT2D eigenvalue weighted by Gasteiger charge is 2.19. The number of hydrogen-bond acceptors (Lipinski definition) is 5. The summed E-state index contributed by atoms with van der Waals surface area (Å²) in [7, 11) is 3.41. The van der Waals surface area contributed by atoms with E-state index >= 15 is 0 Å². The van der Waals surface area contributed by atoms with E-state index in [0.29, 0.717) is 31.4 Å². The number of likely N-dealkylation sites (N-methyl/N-ethyl adjacent to an activating group) is 1. The molecule has 0 bridgehead atoms. The molecule has 156 valence electrons. The van der Waals surface area contributed by atoms with Gasteiger partial charge in [0.25, 0.3) is 0 Å². The average Bonchev–Trinajstić information content (AvgIpc) is 3.27. The van der Waals surface area contributed by atoms with Crippen molar-refractivity contribution in [1.82, 2.24) is 20.5 Å². The van der Waals surface area contributed by atoms with Gasteiger partial charge in [-0.25, -0.2) is 9.98 Å². The summed E-state index contributed by atoms with van der Waals surface area (Å²) in [5.74, 6) is 2.72. The SMILES string of the molecule is CN(C)C(=O)CN=C(NCCc1ccco1)NCc1ncc(C(C)(C)C)o1.I. The van der Waals surface area contributed by atoms with Crippen LogP contribution in [0.3, 0.4) is 0 Å². The minimum atomic E-state index is -0.0956. The Morgan fingerprint density at radius 3 is 2.61 bits per heavy atom. The fraction of sp³-hybridized carbons (Fsp3) is 0.526. The van der Waals surface area contributed by atoms with Crippen LogP contribution in [0.25, 0.3) is 0 Å². The lowest BCUT2D eigenvalue weighted by molar-refractivity contribution is -0.127. The topological polar surface area (TPSA) is 95.9 Å². The Kier molecular flexibility index (Phi) is 9.50. The largest absolute Gasteiger partial charge is 0.469 e. The van der Waals surface area contributed by atoms with E-state index in [1.54, 1.807) is 26.6 Å². The Morgan fingerprint density at radius 2 is 2.04 bits per heavy atom. The average molecular weight is 503 g/mol. The number of halogens is 1. The highest BCUT2D eigenvalue weighted by atomic mass is 127. The number of aromatic nitrogens is 1. The number of aliphatic imine (C=N–C) groups is 1. The van der Waals surface area contributed by atoms with Crippen LogP contribution in [0.15, 0.2) is 38.4 Å². The summed E-state index contributed by atoms with van der Waals surface area (Å²) in [5.41, 5.74) is -0.0956. The zero-order chi connectivity index (χ0) is 19.9. The van der Waals surface area contributed by atoms with Crippen LogP contribution >= 0.6 is 24.0 Å². The van der Waals surface area contributed by atoms with Gasteiger partial charge >= 0.3 is 0 Å². The van der Waals surface area contributed by atoms with Gasteiger partial charge in [0.15, 0.2) is 5.96 Å². The molecule has 28 heavy (non-hydrogen) atoms. The molecule has 0 aliphatic rings. The normalized spacial score (nSPS) is 11.7. The molecule has 0 radical (unpaired) electrons. The van der Waals surface area contributed by atoms with Gasteiger partial charge in [-0.2, -0.15) is 0 Å². The van der Waals surface area contributed by atoms with Crippen LogP contribution in [-0.2, 0) is 23.2 Å². The number of guanidine groups is 1. The van der Waals surface area contributed by atoms with Crippen LogP contribution in [0, 0.1) is 0 Å². The lowest BCUT2D eigenvalue weighted by atomic mass is 9.94. The molecule has 2 N–H and O–H groups in total. The van der Waals surface area contributed by atoms with Gasteiger partial charge in [-0.3, -0.25) is 4.79 Å². The first-order chi connectivity index (χ1) is 12.8. The Bertz CT molecular complexity index is 748. The van der Waals surface area contributed by atoms with Gasteiger partial charge in [-0.15, -0.1) is 24.0 Å². The minimum absolute atomic E-state index is 0. The van der Waals surface area contributed by atoms with Crippen molar-refractivity contribution in [3.05, 3.63) is 42.0 Å². The first-order valence-electron chi connectivity index (χ1n) is 8.95. The molecule has 0 spiro atoms. The highest BCUT2D eigenvalue weighted by Crippen LogP contribution is 2.22.